The lowest BCUT2D eigenvalue weighted by molar-refractivity contribution is -0.137. The maximum Gasteiger partial charge on any atom is 0.320 e. The molecule has 1 rings (SSSR count). The van der Waals surface area contributed by atoms with Gasteiger partial charge in [0, 0.05) is 38.4 Å². The van der Waals surface area contributed by atoms with Crippen molar-refractivity contribution in [1.29, 1.82) is 0 Å². The summed E-state index contributed by atoms with van der Waals surface area (Å²) in [6.45, 7) is 1.49. The van der Waals surface area contributed by atoms with Crippen molar-refractivity contribution in [2.24, 2.45) is 0 Å². The van der Waals surface area contributed by atoms with Gasteiger partial charge in [-0.3, -0.25) is 4.79 Å². The predicted octanol–water partition coefficient (Wildman–Crippen LogP) is 2.12. The van der Waals surface area contributed by atoms with Crippen LogP contribution in [0.1, 0.15) is 32.1 Å². The first-order valence-corrected chi connectivity index (χ1v) is 8.18. The fourth-order valence-corrected chi connectivity index (χ4v) is 2.84. The van der Waals surface area contributed by atoms with Crippen molar-refractivity contribution in [2.45, 2.75) is 38.1 Å². The lowest BCUT2D eigenvalue weighted by atomic mass is 9.98. The van der Waals surface area contributed by atoms with Crippen molar-refractivity contribution < 1.29 is 14.7 Å². The molecule has 2 amide bonds. The molecule has 0 spiro atoms. The minimum atomic E-state index is -0.784. The van der Waals surface area contributed by atoms with Gasteiger partial charge in [-0.25, -0.2) is 4.79 Å². The van der Waals surface area contributed by atoms with Gasteiger partial charge in [0.15, 0.2) is 0 Å². The fourth-order valence-electron chi connectivity index (χ4n) is 2.39. The highest BCUT2D eigenvalue weighted by Gasteiger charge is 2.28. The molecule has 1 saturated heterocycles. The van der Waals surface area contributed by atoms with Crippen LogP contribution in [-0.4, -0.2) is 65.1 Å². The van der Waals surface area contributed by atoms with E-state index in [1.807, 2.05) is 18.2 Å². The fraction of sp³-hybridized carbons (Fsp3) is 0.846. The third kappa shape index (κ3) is 5.30. The van der Waals surface area contributed by atoms with E-state index in [4.69, 9.17) is 5.11 Å². The van der Waals surface area contributed by atoms with Crippen LogP contribution in [0.15, 0.2) is 0 Å². The number of piperidine rings is 1. The van der Waals surface area contributed by atoms with Crippen LogP contribution >= 0.6 is 11.8 Å². The lowest BCUT2D eigenvalue weighted by Gasteiger charge is -2.38. The van der Waals surface area contributed by atoms with E-state index >= 15 is 0 Å². The summed E-state index contributed by atoms with van der Waals surface area (Å²) in [4.78, 5) is 26.6. The van der Waals surface area contributed by atoms with Crippen molar-refractivity contribution in [3.05, 3.63) is 0 Å². The van der Waals surface area contributed by atoms with Crippen molar-refractivity contribution >= 4 is 23.8 Å². The van der Waals surface area contributed by atoms with Gasteiger partial charge in [-0.2, -0.15) is 11.8 Å². The minimum Gasteiger partial charge on any atom is -0.481 e. The van der Waals surface area contributed by atoms with Gasteiger partial charge >= 0.3 is 12.0 Å². The molecule has 6 heteroatoms. The van der Waals surface area contributed by atoms with E-state index in [0.29, 0.717) is 6.42 Å². The average molecular weight is 288 g/mol. The molecule has 110 valence electrons. The quantitative estimate of drug-likeness (QED) is 0.813. The molecule has 1 atom stereocenters. The molecule has 1 heterocycles. The number of carbonyl (C=O) groups is 2. The third-order valence-corrected chi connectivity index (χ3v) is 4.11. The number of carboxylic acid groups (broad SMARTS) is 1. The summed E-state index contributed by atoms with van der Waals surface area (Å²) < 4.78 is 0. The first-order valence-electron chi connectivity index (χ1n) is 6.78. The Balaban J connectivity index is 2.54. The summed E-state index contributed by atoms with van der Waals surface area (Å²) >= 11 is 1.72. The van der Waals surface area contributed by atoms with Crippen LogP contribution in [-0.2, 0) is 4.79 Å². The number of amides is 2. The number of carbonyl (C=O) groups excluding carboxylic acids is 1. The monoisotopic (exact) mass is 288 g/mol. The highest BCUT2D eigenvalue weighted by atomic mass is 32.2. The topological polar surface area (TPSA) is 60.9 Å². The molecule has 0 radical (unpaired) electrons. The molecule has 1 N–H and O–H groups in total. The maximum atomic E-state index is 12.4. The zero-order chi connectivity index (χ0) is 14.3. The predicted molar refractivity (Wildman–Crippen MR) is 77.6 cm³/mol. The zero-order valence-electron chi connectivity index (χ0n) is 11.8. The SMILES string of the molecule is CSCCN(C)C(=O)N1CCCCC1CCC(=O)O. The molecule has 0 saturated carbocycles. The summed E-state index contributed by atoms with van der Waals surface area (Å²) in [6, 6.07) is 0.137. The Morgan fingerprint density at radius 1 is 1.42 bits per heavy atom. The van der Waals surface area contributed by atoms with Crippen molar-refractivity contribution in [2.75, 3.05) is 32.1 Å². The van der Waals surface area contributed by atoms with Gasteiger partial charge in [0.05, 0.1) is 0 Å². The summed E-state index contributed by atoms with van der Waals surface area (Å²) in [6.07, 6.45) is 5.76. The molecular formula is C13H24N2O3S. The summed E-state index contributed by atoms with van der Waals surface area (Å²) in [7, 11) is 1.82. The Morgan fingerprint density at radius 2 is 2.16 bits per heavy atom. The number of rotatable bonds is 6. The largest absolute Gasteiger partial charge is 0.481 e. The molecule has 0 aromatic rings. The van der Waals surface area contributed by atoms with Crippen molar-refractivity contribution in [3.8, 4) is 0 Å². The molecule has 0 aliphatic carbocycles. The normalized spacial score (nSPS) is 19.3. The number of carboxylic acids is 1. The Morgan fingerprint density at radius 3 is 2.79 bits per heavy atom. The van der Waals surface area contributed by atoms with E-state index in [-0.39, 0.29) is 18.5 Å². The number of thioether (sulfide) groups is 1. The first kappa shape index (κ1) is 16.1. The number of hydrogen-bond acceptors (Lipinski definition) is 3. The average Bonchev–Trinajstić information content (AvgIpc) is 2.42. The van der Waals surface area contributed by atoms with Gasteiger partial charge in [0.2, 0.25) is 0 Å². The van der Waals surface area contributed by atoms with Crippen LogP contribution in [0.25, 0.3) is 0 Å². The standard InChI is InChI=1S/C13H24N2O3S/c1-14(9-10-19-2)13(18)15-8-4-3-5-11(15)6-7-12(16)17/h11H,3-10H2,1-2H3,(H,16,17). The first-order chi connectivity index (χ1) is 9.06. The molecule has 5 nitrogen and oxygen atoms in total. The molecule has 19 heavy (non-hydrogen) atoms. The van der Waals surface area contributed by atoms with Crippen LogP contribution in [0.3, 0.4) is 0 Å². The third-order valence-electron chi connectivity index (χ3n) is 3.52. The second-order valence-electron chi connectivity index (χ2n) is 4.97. The maximum absolute atomic E-state index is 12.4. The van der Waals surface area contributed by atoms with Crippen LogP contribution < -0.4 is 0 Å². The van der Waals surface area contributed by atoms with E-state index in [2.05, 4.69) is 0 Å². The second kappa shape index (κ2) is 8.30. The molecule has 1 fully saturated rings. The molecule has 0 bridgehead atoms. The van der Waals surface area contributed by atoms with Crippen LogP contribution in [0.2, 0.25) is 0 Å². The van der Waals surface area contributed by atoms with Crippen LogP contribution in [0.5, 0.6) is 0 Å². The van der Waals surface area contributed by atoms with Gasteiger partial charge in [0.1, 0.15) is 0 Å². The minimum absolute atomic E-state index is 0.0455. The van der Waals surface area contributed by atoms with Crippen LogP contribution in [0, 0.1) is 0 Å². The smallest absolute Gasteiger partial charge is 0.320 e. The highest BCUT2D eigenvalue weighted by Crippen LogP contribution is 2.22. The van der Waals surface area contributed by atoms with Crippen molar-refractivity contribution in [1.82, 2.24) is 9.80 Å². The Labute approximate surface area is 119 Å². The molecular weight excluding hydrogens is 264 g/mol. The summed E-state index contributed by atoms with van der Waals surface area (Å²) in [5.41, 5.74) is 0. The number of nitrogens with zero attached hydrogens (tertiary/aromatic N) is 2. The van der Waals surface area contributed by atoms with E-state index in [0.717, 1.165) is 38.1 Å². The number of likely N-dealkylation sites (tertiary alicyclic amines) is 1. The number of hydrogen-bond donors (Lipinski definition) is 1. The van der Waals surface area contributed by atoms with Crippen molar-refractivity contribution in [3.63, 3.8) is 0 Å². The number of urea groups is 1. The van der Waals surface area contributed by atoms with E-state index < -0.39 is 5.97 Å². The highest BCUT2D eigenvalue weighted by molar-refractivity contribution is 7.98. The van der Waals surface area contributed by atoms with E-state index in [9.17, 15) is 9.59 Å². The lowest BCUT2D eigenvalue weighted by Crippen LogP contribution is -2.49. The molecule has 1 unspecified atom stereocenters. The van der Waals surface area contributed by atoms with Gasteiger partial charge in [-0.1, -0.05) is 0 Å². The molecule has 1 aliphatic rings. The second-order valence-corrected chi connectivity index (χ2v) is 5.96. The van der Waals surface area contributed by atoms with Gasteiger partial charge in [-0.15, -0.1) is 0 Å². The summed E-state index contributed by atoms with van der Waals surface area (Å²) in [5.74, 6) is 0.143. The van der Waals surface area contributed by atoms with Gasteiger partial charge in [-0.05, 0) is 31.9 Å². The van der Waals surface area contributed by atoms with Gasteiger partial charge < -0.3 is 14.9 Å². The molecule has 0 aromatic carbocycles. The number of aliphatic carboxylic acids is 1. The molecule has 0 aromatic heterocycles. The Hall–Kier alpha value is -0.910. The molecule has 1 aliphatic heterocycles. The Kier molecular flexibility index (Phi) is 7.05. The Bertz CT molecular complexity index is 312. The van der Waals surface area contributed by atoms with Gasteiger partial charge in [0.25, 0.3) is 0 Å². The van der Waals surface area contributed by atoms with Crippen LogP contribution in [0.4, 0.5) is 4.79 Å². The van der Waals surface area contributed by atoms with E-state index in [1.165, 1.54) is 0 Å². The van der Waals surface area contributed by atoms with E-state index in [1.54, 1.807) is 16.7 Å². The zero-order valence-corrected chi connectivity index (χ0v) is 12.6. The summed E-state index contributed by atoms with van der Waals surface area (Å²) in [5, 5.41) is 8.78.